The Labute approximate surface area is 165 Å². The first-order valence-electron chi connectivity index (χ1n) is 9.35. The number of amides is 1. The number of hydrogen-bond acceptors (Lipinski definition) is 4. The van der Waals surface area contributed by atoms with E-state index >= 15 is 0 Å². The molecule has 4 rings (SSSR count). The Kier molecular flexibility index (Phi) is 4.74. The lowest BCUT2D eigenvalue weighted by Gasteiger charge is -2.23. The standard InChI is InChI=1S/C23H23N3O2/c1-15-8-9-22(28-3)20(10-15)25-19-12-18(13-24-14-19)23(27)26-16(2)11-17-6-4-5-7-21(17)26/h4-10,12-14,16,25H,11H2,1-3H3. The summed E-state index contributed by atoms with van der Waals surface area (Å²) in [6, 6.07) is 16.0. The number of anilines is 3. The molecule has 0 radical (unpaired) electrons. The number of aromatic nitrogens is 1. The van der Waals surface area contributed by atoms with Crippen LogP contribution in [0.15, 0.2) is 60.9 Å². The fraction of sp³-hybridized carbons (Fsp3) is 0.217. The van der Waals surface area contributed by atoms with Crippen molar-refractivity contribution in [2.45, 2.75) is 26.3 Å². The number of para-hydroxylation sites is 1. The van der Waals surface area contributed by atoms with E-state index in [0.717, 1.165) is 34.8 Å². The van der Waals surface area contributed by atoms with E-state index in [1.54, 1.807) is 19.5 Å². The predicted molar refractivity (Wildman–Crippen MR) is 112 cm³/mol. The topological polar surface area (TPSA) is 54.5 Å². The SMILES string of the molecule is COc1ccc(C)cc1Nc1cncc(C(=O)N2c3ccccc3CC2C)c1. The van der Waals surface area contributed by atoms with Crippen molar-refractivity contribution in [2.24, 2.45) is 0 Å². The summed E-state index contributed by atoms with van der Waals surface area (Å²) in [7, 11) is 1.64. The number of ether oxygens (including phenoxy) is 1. The molecule has 1 amide bonds. The Bertz CT molecular complexity index is 1030. The highest BCUT2D eigenvalue weighted by molar-refractivity contribution is 6.08. The van der Waals surface area contributed by atoms with Gasteiger partial charge in [0.2, 0.25) is 0 Å². The quantitative estimate of drug-likeness (QED) is 0.718. The number of carbonyl (C=O) groups is 1. The summed E-state index contributed by atoms with van der Waals surface area (Å²) in [5.41, 5.74) is 5.45. The monoisotopic (exact) mass is 373 g/mol. The maximum Gasteiger partial charge on any atom is 0.260 e. The van der Waals surface area contributed by atoms with E-state index in [1.165, 1.54) is 5.56 Å². The van der Waals surface area contributed by atoms with Crippen LogP contribution in [0.5, 0.6) is 5.75 Å². The minimum absolute atomic E-state index is 0.0372. The molecule has 1 aliphatic rings. The molecule has 1 N–H and O–H groups in total. The molecule has 2 aromatic carbocycles. The number of carbonyl (C=O) groups excluding carboxylic acids is 1. The number of methoxy groups -OCH3 is 1. The van der Waals surface area contributed by atoms with Gasteiger partial charge in [0.1, 0.15) is 5.75 Å². The summed E-state index contributed by atoms with van der Waals surface area (Å²) in [4.78, 5) is 19.4. The second-order valence-corrected chi connectivity index (χ2v) is 7.15. The van der Waals surface area contributed by atoms with Crippen molar-refractivity contribution in [1.82, 2.24) is 4.98 Å². The molecule has 0 saturated heterocycles. The van der Waals surface area contributed by atoms with Gasteiger partial charge in [-0.2, -0.15) is 0 Å². The lowest BCUT2D eigenvalue weighted by atomic mass is 10.1. The van der Waals surface area contributed by atoms with Gasteiger partial charge in [0, 0.05) is 17.9 Å². The van der Waals surface area contributed by atoms with Gasteiger partial charge in [0.05, 0.1) is 30.2 Å². The molecule has 5 nitrogen and oxygen atoms in total. The van der Waals surface area contributed by atoms with E-state index in [4.69, 9.17) is 4.74 Å². The number of benzene rings is 2. The zero-order valence-corrected chi connectivity index (χ0v) is 16.3. The number of nitrogens with zero attached hydrogens (tertiary/aromatic N) is 2. The highest BCUT2D eigenvalue weighted by Gasteiger charge is 2.31. The molecule has 142 valence electrons. The van der Waals surface area contributed by atoms with Crippen LogP contribution in [0, 0.1) is 6.92 Å². The van der Waals surface area contributed by atoms with Crippen molar-refractivity contribution in [2.75, 3.05) is 17.3 Å². The summed E-state index contributed by atoms with van der Waals surface area (Å²) in [6.07, 6.45) is 4.20. The molecule has 0 fully saturated rings. The first kappa shape index (κ1) is 18.0. The molecule has 2 heterocycles. The van der Waals surface area contributed by atoms with Crippen LogP contribution in [-0.2, 0) is 6.42 Å². The van der Waals surface area contributed by atoms with E-state index in [-0.39, 0.29) is 11.9 Å². The maximum atomic E-state index is 13.2. The highest BCUT2D eigenvalue weighted by atomic mass is 16.5. The first-order chi connectivity index (χ1) is 13.6. The van der Waals surface area contributed by atoms with Crippen LogP contribution in [-0.4, -0.2) is 24.0 Å². The van der Waals surface area contributed by atoms with Gasteiger partial charge in [0.15, 0.2) is 0 Å². The van der Waals surface area contributed by atoms with Crippen LogP contribution >= 0.6 is 0 Å². The molecule has 3 aromatic rings. The van der Waals surface area contributed by atoms with Crippen molar-refractivity contribution in [1.29, 1.82) is 0 Å². The van der Waals surface area contributed by atoms with Crippen LogP contribution < -0.4 is 15.0 Å². The van der Waals surface area contributed by atoms with Gasteiger partial charge >= 0.3 is 0 Å². The van der Waals surface area contributed by atoms with Crippen molar-refractivity contribution in [3.63, 3.8) is 0 Å². The van der Waals surface area contributed by atoms with E-state index in [2.05, 4.69) is 23.3 Å². The molecule has 1 aromatic heterocycles. The third kappa shape index (κ3) is 3.31. The van der Waals surface area contributed by atoms with Gasteiger partial charge in [-0.25, -0.2) is 0 Å². The molecule has 1 aliphatic heterocycles. The zero-order valence-electron chi connectivity index (χ0n) is 16.3. The number of fused-ring (bicyclic) bond motifs is 1. The van der Waals surface area contributed by atoms with E-state index in [9.17, 15) is 4.79 Å². The van der Waals surface area contributed by atoms with Crippen molar-refractivity contribution >= 4 is 23.0 Å². The molecule has 0 bridgehead atoms. The number of rotatable bonds is 4. The maximum absolute atomic E-state index is 13.2. The molecule has 28 heavy (non-hydrogen) atoms. The van der Waals surface area contributed by atoms with Crippen LogP contribution in [0.2, 0.25) is 0 Å². The van der Waals surface area contributed by atoms with E-state index in [1.807, 2.05) is 54.3 Å². The second-order valence-electron chi connectivity index (χ2n) is 7.15. The van der Waals surface area contributed by atoms with Crippen LogP contribution in [0.25, 0.3) is 0 Å². The van der Waals surface area contributed by atoms with Crippen LogP contribution in [0.3, 0.4) is 0 Å². The van der Waals surface area contributed by atoms with Crippen molar-refractivity contribution in [3.05, 3.63) is 77.6 Å². The Morgan fingerprint density at radius 3 is 2.82 bits per heavy atom. The summed E-state index contributed by atoms with van der Waals surface area (Å²) in [6.45, 7) is 4.10. The predicted octanol–water partition coefficient (Wildman–Crippen LogP) is 4.73. The fourth-order valence-electron chi connectivity index (χ4n) is 3.71. The Morgan fingerprint density at radius 1 is 1.18 bits per heavy atom. The van der Waals surface area contributed by atoms with Gasteiger partial charge in [-0.15, -0.1) is 0 Å². The lowest BCUT2D eigenvalue weighted by Crippen LogP contribution is -2.35. The van der Waals surface area contributed by atoms with Gasteiger partial charge in [0.25, 0.3) is 5.91 Å². The van der Waals surface area contributed by atoms with E-state index in [0.29, 0.717) is 5.56 Å². The average Bonchev–Trinajstić information content (AvgIpc) is 3.03. The third-order valence-electron chi connectivity index (χ3n) is 5.05. The van der Waals surface area contributed by atoms with Gasteiger partial charge in [-0.05, 0) is 55.7 Å². The minimum atomic E-state index is -0.0372. The fourth-order valence-corrected chi connectivity index (χ4v) is 3.71. The molecule has 1 atom stereocenters. The lowest BCUT2D eigenvalue weighted by molar-refractivity contribution is 0.0981. The average molecular weight is 373 g/mol. The first-order valence-corrected chi connectivity index (χ1v) is 9.35. The third-order valence-corrected chi connectivity index (χ3v) is 5.05. The van der Waals surface area contributed by atoms with Crippen molar-refractivity contribution in [3.8, 4) is 5.75 Å². The Morgan fingerprint density at radius 2 is 2.00 bits per heavy atom. The molecule has 0 aliphatic carbocycles. The summed E-state index contributed by atoms with van der Waals surface area (Å²) in [5, 5.41) is 3.32. The molecule has 0 saturated carbocycles. The smallest absolute Gasteiger partial charge is 0.260 e. The molecule has 5 heteroatoms. The molecule has 0 spiro atoms. The molecular formula is C23H23N3O2. The zero-order chi connectivity index (χ0) is 19.7. The normalized spacial score (nSPS) is 15.2. The Balaban J connectivity index is 1.63. The number of aryl methyl sites for hydroxylation is 1. The second kappa shape index (κ2) is 7.35. The number of nitrogens with one attached hydrogen (secondary N) is 1. The summed E-state index contributed by atoms with van der Waals surface area (Å²) in [5.74, 6) is 0.703. The largest absolute Gasteiger partial charge is 0.495 e. The number of pyridine rings is 1. The van der Waals surface area contributed by atoms with Crippen LogP contribution in [0.1, 0.15) is 28.4 Å². The highest BCUT2D eigenvalue weighted by Crippen LogP contribution is 2.34. The minimum Gasteiger partial charge on any atom is -0.495 e. The Hall–Kier alpha value is -3.34. The summed E-state index contributed by atoms with van der Waals surface area (Å²) >= 11 is 0. The van der Waals surface area contributed by atoms with Gasteiger partial charge < -0.3 is 15.0 Å². The van der Waals surface area contributed by atoms with E-state index < -0.39 is 0 Å². The van der Waals surface area contributed by atoms with Gasteiger partial charge in [-0.1, -0.05) is 24.3 Å². The number of hydrogen-bond donors (Lipinski definition) is 1. The summed E-state index contributed by atoms with van der Waals surface area (Å²) < 4.78 is 5.43. The van der Waals surface area contributed by atoms with Crippen LogP contribution in [0.4, 0.5) is 17.1 Å². The molecule has 1 unspecified atom stereocenters. The molecular weight excluding hydrogens is 350 g/mol. The van der Waals surface area contributed by atoms with Gasteiger partial charge in [-0.3, -0.25) is 9.78 Å². The van der Waals surface area contributed by atoms with Crippen molar-refractivity contribution < 1.29 is 9.53 Å².